The Morgan fingerprint density at radius 3 is 3.06 bits per heavy atom. The van der Waals surface area contributed by atoms with Crippen LogP contribution >= 0.6 is 0 Å². The van der Waals surface area contributed by atoms with Crippen LogP contribution in [0.5, 0.6) is 0 Å². The molecule has 16 heavy (non-hydrogen) atoms. The lowest BCUT2D eigenvalue weighted by molar-refractivity contribution is 0.0990. The maximum atomic E-state index is 11.6. The zero-order valence-corrected chi connectivity index (χ0v) is 8.34. The number of benzene rings is 1. The molecule has 2 aromatic rings. The molecule has 0 N–H and O–H groups in total. The molecule has 4 heteroatoms. The molecule has 0 saturated carbocycles. The number of Topliss-reactive ketones (excluding diaryl/α,β-unsaturated/α-hetero) is 1. The number of rotatable bonds is 0. The van der Waals surface area contributed by atoms with Crippen molar-refractivity contribution in [2.75, 3.05) is 0 Å². The Labute approximate surface area is 91.6 Å². The minimum absolute atomic E-state index is 0.0653. The summed E-state index contributed by atoms with van der Waals surface area (Å²) in [5.74, 6) is 0.0653. The molecular formula is C12H7N3O. The lowest BCUT2D eigenvalue weighted by atomic mass is 10.2. The van der Waals surface area contributed by atoms with Crippen molar-refractivity contribution < 1.29 is 4.79 Å². The number of nitrogens with zero attached hydrogens (tertiary/aromatic N) is 3. The number of carbonyl (C=O) groups excluding carboxylic acids is 1. The van der Waals surface area contributed by atoms with Gasteiger partial charge in [-0.25, -0.2) is 9.52 Å². The first-order valence-corrected chi connectivity index (χ1v) is 4.88. The Balaban J connectivity index is 2.37. The SMILES string of the molecule is [C-]#[N+]c1ccc2c(c1)cc1n2N=CCC1=O. The van der Waals surface area contributed by atoms with E-state index < -0.39 is 0 Å². The van der Waals surface area contributed by atoms with Gasteiger partial charge in [0.1, 0.15) is 5.69 Å². The van der Waals surface area contributed by atoms with Crippen molar-refractivity contribution in [1.29, 1.82) is 0 Å². The quantitative estimate of drug-likeness (QED) is 0.614. The van der Waals surface area contributed by atoms with E-state index in [0.717, 1.165) is 10.9 Å². The molecule has 0 amide bonds. The second-order valence-corrected chi connectivity index (χ2v) is 3.62. The Bertz CT molecular complexity index is 673. The van der Waals surface area contributed by atoms with Crippen molar-refractivity contribution in [3.05, 3.63) is 41.4 Å². The van der Waals surface area contributed by atoms with Crippen LogP contribution in [0.15, 0.2) is 29.4 Å². The second kappa shape index (κ2) is 3.04. The van der Waals surface area contributed by atoms with E-state index in [1.54, 1.807) is 29.1 Å². The summed E-state index contributed by atoms with van der Waals surface area (Å²) in [5, 5.41) is 5.07. The predicted molar refractivity (Wildman–Crippen MR) is 61.0 cm³/mol. The van der Waals surface area contributed by atoms with E-state index in [1.165, 1.54) is 0 Å². The van der Waals surface area contributed by atoms with Crippen molar-refractivity contribution in [1.82, 2.24) is 4.68 Å². The lowest BCUT2D eigenvalue weighted by Crippen LogP contribution is -2.11. The van der Waals surface area contributed by atoms with Crippen LogP contribution in [0, 0.1) is 6.57 Å². The smallest absolute Gasteiger partial charge is 0.187 e. The Morgan fingerprint density at radius 2 is 2.25 bits per heavy atom. The molecule has 0 aliphatic carbocycles. The van der Waals surface area contributed by atoms with Gasteiger partial charge in [-0.05, 0) is 23.6 Å². The molecule has 1 aliphatic heterocycles. The van der Waals surface area contributed by atoms with E-state index in [4.69, 9.17) is 6.57 Å². The zero-order chi connectivity index (χ0) is 11.1. The molecule has 1 aromatic heterocycles. The van der Waals surface area contributed by atoms with E-state index >= 15 is 0 Å². The summed E-state index contributed by atoms with van der Waals surface area (Å²) < 4.78 is 1.63. The third-order valence-electron chi connectivity index (χ3n) is 2.65. The fourth-order valence-electron chi connectivity index (χ4n) is 1.89. The number of fused-ring (bicyclic) bond motifs is 3. The minimum Gasteiger partial charge on any atom is -0.292 e. The van der Waals surface area contributed by atoms with Crippen molar-refractivity contribution in [2.45, 2.75) is 6.42 Å². The first kappa shape index (κ1) is 8.86. The average molecular weight is 209 g/mol. The van der Waals surface area contributed by atoms with E-state index in [-0.39, 0.29) is 5.78 Å². The number of aromatic nitrogens is 1. The van der Waals surface area contributed by atoms with Gasteiger partial charge in [-0.1, -0.05) is 6.07 Å². The minimum atomic E-state index is 0.0653. The molecule has 0 spiro atoms. The van der Waals surface area contributed by atoms with Crippen LogP contribution in [0.4, 0.5) is 5.69 Å². The molecule has 1 aliphatic rings. The Morgan fingerprint density at radius 1 is 1.38 bits per heavy atom. The van der Waals surface area contributed by atoms with E-state index in [2.05, 4.69) is 9.95 Å². The van der Waals surface area contributed by atoms with Gasteiger partial charge < -0.3 is 0 Å². The summed E-state index contributed by atoms with van der Waals surface area (Å²) >= 11 is 0. The van der Waals surface area contributed by atoms with Gasteiger partial charge in [0.2, 0.25) is 0 Å². The van der Waals surface area contributed by atoms with Gasteiger partial charge in [-0.2, -0.15) is 5.10 Å². The summed E-state index contributed by atoms with van der Waals surface area (Å²) in [4.78, 5) is 15.0. The van der Waals surface area contributed by atoms with Gasteiger partial charge >= 0.3 is 0 Å². The molecule has 0 bridgehead atoms. The van der Waals surface area contributed by atoms with Crippen molar-refractivity contribution in [2.24, 2.45) is 5.10 Å². The Kier molecular flexibility index (Phi) is 1.68. The van der Waals surface area contributed by atoms with Crippen LogP contribution < -0.4 is 0 Å². The molecule has 76 valence electrons. The van der Waals surface area contributed by atoms with Crippen LogP contribution in [0.2, 0.25) is 0 Å². The van der Waals surface area contributed by atoms with Gasteiger partial charge in [0.25, 0.3) is 0 Å². The maximum absolute atomic E-state index is 11.6. The number of hydrogen-bond donors (Lipinski definition) is 0. The first-order valence-electron chi connectivity index (χ1n) is 4.88. The van der Waals surface area contributed by atoms with Crippen LogP contribution in [-0.4, -0.2) is 16.7 Å². The van der Waals surface area contributed by atoms with Gasteiger partial charge in [0, 0.05) is 12.6 Å². The standard InChI is InChI=1S/C12H7N3O/c1-13-9-2-3-10-8(6-9)7-11-12(16)4-5-14-15(10)11/h2-3,5-7H,4H2. The van der Waals surface area contributed by atoms with Crippen molar-refractivity contribution >= 4 is 28.6 Å². The molecule has 0 radical (unpaired) electrons. The fourth-order valence-corrected chi connectivity index (χ4v) is 1.89. The molecule has 0 unspecified atom stereocenters. The molecule has 1 aromatic carbocycles. The van der Waals surface area contributed by atoms with Crippen LogP contribution in [-0.2, 0) is 0 Å². The topological polar surface area (TPSA) is 38.7 Å². The van der Waals surface area contributed by atoms with Crippen molar-refractivity contribution in [3.8, 4) is 0 Å². The molecule has 3 rings (SSSR count). The summed E-state index contributed by atoms with van der Waals surface area (Å²) in [6.45, 7) is 6.94. The highest BCUT2D eigenvalue weighted by atomic mass is 16.1. The summed E-state index contributed by atoms with van der Waals surface area (Å²) in [5.41, 5.74) is 2.04. The molecule has 0 fully saturated rings. The van der Waals surface area contributed by atoms with E-state index in [1.807, 2.05) is 6.07 Å². The summed E-state index contributed by atoms with van der Waals surface area (Å²) in [7, 11) is 0. The van der Waals surface area contributed by atoms with Crippen molar-refractivity contribution in [3.63, 3.8) is 0 Å². The van der Waals surface area contributed by atoms with Crippen LogP contribution in [0.25, 0.3) is 15.7 Å². The van der Waals surface area contributed by atoms with E-state index in [0.29, 0.717) is 17.8 Å². The normalized spacial score (nSPS) is 13.8. The third-order valence-corrected chi connectivity index (χ3v) is 2.65. The van der Waals surface area contributed by atoms with Gasteiger partial charge in [-0.15, -0.1) is 0 Å². The highest BCUT2D eigenvalue weighted by molar-refractivity contribution is 6.07. The average Bonchev–Trinajstić information content (AvgIpc) is 2.68. The predicted octanol–water partition coefficient (Wildman–Crippen LogP) is 2.61. The summed E-state index contributed by atoms with van der Waals surface area (Å²) in [6.07, 6.45) is 1.96. The zero-order valence-electron chi connectivity index (χ0n) is 8.34. The number of ketones is 1. The third kappa shape index (κ3) is 1.09. The Hall–Kier alpha value is -2.41. The highest BCUT2D eigenvalue weighted by Gasteiger charge is 2.17. The second-order valence-electron chi connectivity index (χ2n) is 3.62. The highest BCUT2D eigenvalue weighted by Crippen LogP contribution is 2.26. The molecule has 0 saturated heterocycles. The maximum Gasteiger partial charge on any atom is 0.187 e. The lowest BCUT2D eigenvalue weighted by Gasteiger charge is -2.06. The van der Waals surface area contributed by atoms with E-state index in [9.17, 15) is 4.79 Å². The molecule has 4 nitrogen and oxygen atoms in total. The van der Waals surface area contributed by atoms with Crippen LogP contribution in [0.3, 0.4) is 0 Å². The number of hydrogen-bond acceptors (Lipinski definition) is 2. The number of carbonyl (C=O) groups is 1. The molecule has 2 heterocycles. The largest absolute Gasteiger partial charge is 0.292 e. The monoisotopic (exact) mass is 209 g/mol. The molecular weight excluding hydrogens is 202 g/mol. The van der Waals surface area contributed by atoms with Gasteiger partial charge in [0.15, 0.2) is 11.5 Å². The fraction of sp³-hybridized carbons (Fsp3) is 0.0833. The first-order chi connectivity index (χ1) is 7.79. The van der Waals surface area contributed by atoms with Crippen LogP contribution in [0.1, 0.15) is 16.9 Å². The van der Waals surface area contributed by atoms with Gasteiger partial charge in [-0.3, -0.25) is 4.79 Å². The molecule has 0 atom stereocenters. The van der Waals surface area contributed by atoms with Gasteiger partial charge in [0.05, 0.1) is 12.1 Å². The summed E-state index contributed by atoms with van der Waals surface area (Å²) in [6, 6.07) is 7.12.